The van der Waals surface area contributed by atoms with Crippen LogP contribution in [0, 0.1) is 5.92 Å². The maximum Gasteiger partial charge on any atom is 0.0453 e. The lowest BCUT2D eigenvalue weighted by Gasteiger charge is -2.33. The molecule has 0 unspecified atom stereocenters. The summed E-state index contributed by atoms with van der Waals surface area (Å²) >= 11 is 12.0. The largest absolute Gasteiger partial charge is 0.314 e. The van der Waals surface area contributed by atoms with Crippen molar-refractivity contribution in [1.82, 2.24) is 5.32 Å². The minimum atomic E-state index is 0.703. The Balaban J connectivity index is 1.76. The molecule has 1 saturated carbocycles. The quantitative estimate of drug-likeness (QED) is 0.863. The summed E-state index contributed by atoms with van der Waals surface area (Å²) in [5.74, 6) is 0.900. The van der Waals surface area contributed by atoms with Crippen LogP contribution in [0.2, 0.25) is 10.0 Å². The minimum absolute atomic E-state index is 0.703. The van der Waals surface area contributed by atoms with Gasteiger partial charge in [-0.2, -0.15) is 0 Å². The van der Waals surface area contributed by atoms with Gasteiger partial charge in [0, 0.05) is 16.1 Å². The van der Waals surface area contributed by atoms with Crippen LogP contribution in [0.15, 0.2) is 18.2 Å². The van der Waals surface area contributed by atoms with Crippen molar-refractivity contribution in [3.05, 3.63) is 33.8 Å². The Labute approximate surface area is 107 Å². The first kappa shape index (κ1) is 12.2. The van der Waals surface area contributed by atoms with Gasteiger partial charge < -0.3 is 5.32 Å². The van der Waals surface area contributed by atoms with Crippen molar-refractivity contribution < 1.29 is 0 Å². The average molecular weight is 258 g/mol. The second kappa shape index (κ2) is 5.39. The van der Waals surface area contributed by atoms with Gasteiger partial charge >= 0.3 is 0 Å². The zero-order chi connectivity index (χ0) is 11.5. The van der Waals surface area contributed by atoms with E-state index in [1.54, 1.807) is 0 Å². The molecule has 1 N–H and O–H groups in total. The van der Waals surface area contributed by atoms with Gasteiger partial charge in [0.05, 0.1) is 0 Å². The van der Waals surface area contributed by atoms with Gasteiger partial charge in [0.1, 0.15) is 0 Å². The molecule has 0 amide bonds. The lowest BCUT2D eigenvalue weighted by Crippen LogP contribution is -2.40. The Bertz CT molecular complexity index is 359. The number of nitrogens with one attached hydrogen (secondary N) is 1. The number of halogens is 2. The van der Waals surface area contributed by atoms with E-state index in [9.17, 15) is 0 Å². The molecule has 3 heteroatoms. The van der Waals surface area contributed by atoms with Crippen LogP contribution in [0.25, 0.3) is 0 Å². The van der Waals surface area contributed by atoms with Crippen LogP contribution in [-0.2, 0) is 6.42 Å². The molecular formula is C13H17Cl2N. The highest BCUT2D eigenvalue weighted by Crippen LogP contribution is 2.26. The van der Waals surface area contributed by atoms with Crippen LogP contribution in [-0.4, -0.2) is 12.6 Å². The smallest absolute Gasteiger partial charge is 0.0453 e. The summed E-state index contributed by atoms with van der Waals surface area (Å²) in [4.78, 5) is 0. The highest BCUT2D eigenvalue weighted by atomic mass is 35.5. The molecule has 1 fully saturated rings. The van der Waals surface area contributed by atoms with Crippen LogP contribution < -0.4 is 5.32 Å². The van der Waals surface area contributed by atoms with E-state index in [0.29, 0.717) is 5.02 Å². The summed E-state index contributed by atoms with van der Waals surface area (Å²) in [6.07, 6.45) is 3.60. The van der Waals surface area contributed by atoms with E-state index in [4.69, 9.17) is 23.2 Å². The third kappa shape index (κ3) is 3.13. The Hall–Kier alpha value is -0.240. The number of hydrogen-bond donors (Lipinski definition) is 1. The number of benzene rings is 1. The summed E-state index contributed by atoms with van der Waals surface area (Å²) in [7, 11) is 0. The molecule has 0 atom stereocenters. The van der Waals surface area contributed by atoms with Crippen molar-refractivity contribution in [3.63, 3.8) is 0 Å². The summed E-state index contributed by atoms with van der Waals surface area (Å²) in [6.45, 7) is 3.30. The van der Waals surface area contributed by atoms with Gasteiger partial charge in [-0.25, -0.2) is 0 Å². The van der Waals surface area contributed by atoms with Gasteiger partial charge in [-0.3, -0.25) is 0 Å². The van der Waals surface area contributed by atoms with E-state index in [2.05, 4.69) is 12.2 Å². The lowest BCUT2D eigenvalue weighted by atomic mass is 9.82. The van der Waals surface area contributed by atoms with Gasteiger partial charge in [-0.15, -0.1) is 0 Å². The molecule has 0 bridgehead atoms. The maximum atomic E-state index is 6.10. The fraction of sp³-hybridized carbons (Fsp3) is 0.538. The second-order valence-electron chi connectivity index (χ2n) is 4.71. The Morgan fingerprint density at radius 2 is 2.06 bits per heavy atom. The first-order valence-electron chi connectivity index (χ1n) is 5.82. The second-order valence-corrected chi connectivity index (χ2v) is 5.56. The van der Waals surface area contributed by atoms with Crippen LogP contribution >= 0.6 is 23.2 Å². The van der Waals surface area contributed by atoms with Crippen molar-refractivity contribution in [2.45, 2.75) is 32.2 Å². The summed E-state index contributed by atoms with van der Waals surface area (Å²) < 4.78 is 0. The van der Waals surface area contributed by atoms with Gasteiger partial charge in [0.15, 0.2) is 0 Å². The number of rotatable bonds is 4. The molecule has 0 heterocycles. The van der Waals surface area contributed by atoms with E-state index in [-0.39, 0.29) is 0 Å². The standard InChI is InChI=1S/C13H17Cl2N/c1-9-6-12(7-9)16-5-4-10-2-3-11(14)8-13(10)15/h2-3,8-9,12,16H,4-7H2,1H3. The van der Waals surface area contributed by atoms with Crippen LogP contribution in [0.5, 0.6) is 0 Å². The van der Waals surface area contributed by atoms with E-state index >= 15 is 0 Å². The van der Waals surface area contributed by atoms with Crippen molar-refractivity contribution in [2.75, 3.05) is 6.54 Å². The molecule has 1 aromatic carbocycles. The number of hydrogen-bond acceptors (Lipinski definition) is 1. The van der Waals surface area contributed by atoms with Crippen molar-refractivity contribution in [2.24, 2.45) is 5.92 Å². The van der Waals surface area contributed by atoms with Crippen molar-refractivity contribution in [3.8, 4) is 0 Å². The van der Waals surface area contributed by atoms with Crippen LogP contribution in [0.3, 0.4) is 0 Å². The van der Waals surface area contributed by atoms with Gasteiger partial charge in [-0.05, 0) is 49.4 Å². The Morgan fingerprint density at radius 3 is 2.69 bits per heavy atom. The predicted molar refractivity (Wildman–Crippen MR) is 70.4 cm³/mol. The summed E-state index contributed by atoms with van der Waals surface area (Å²) in [5.41, 5.74) is 1.17. The molecule has 0 spiro atoms. The minimum Gasteiger partial charge on any atom is -0.314 e. The monoisotopic (exact) mass is 257 g/mol. The molecule has 0 aromatic heterocycles. The van der Waals surface area contributed by atoms with Crippen molar-refractivity contribution in [1.29, 1.82) is 0 Å². The van der Waals surface area contributed by atoms with Crippen molar-refractivity contribution >= 4 is 23.2 Å². The molecule has 0 aliphatic heterocycles. The maximum absolute atomic E-state index is 6.10. The molecule has 1 aliphatic rings. The molecule has 16 heavy (non-hydrogen) atoms. The van der Waals surface area contributed by atoms with E-state index in [1.165, 1.54) is 18.4 Å². The molecule has 0 radical (unpaired) electrons. The highest BCUT2D eigenvalue weighted by molar-refractivity contribution is 6.35. The first-order valence-corrected chi connectivity index (χ1v) is 6.58. The van der Waals surface area contributed by atoms with E-state index in [0.717, 1.165) is 29.9 Å². The molecule has 1 aliphatic carbocycles. The molecule has 1 aromatic rings. The summed E-state index contributed by atoms with van der Waals surface area (Å²) in [5, 5.41) is 5.03. The predicted octanol–water partition coefficient (Wildman–Crippen LogP) is 3.92. The lowest BCUT2D eigenvalue weighted by molar-refractivity contribution is 0.243. The molecule has 1 nitrogen and oxygen atoms in total. The van der Waals surface area contributed by atoms with Gasteiger partial charge in [0.25, 0.3) is 0 Å². The fourth-order valence-electron chi connectivity index (χ4n) is 2.20. The molecular weight excluding hydrogens is 241 g/mol. The van der Waals surface area contributed by atoms with Crippen LogP contribution in [0.1, 0.15) is 25.3 Å². The summed E-state index contributed by atoms with van der Waals surface area (Å²) in [6, 6.07) is 6.44. The SMILES string of the molecule is CC1CC(NCCc2ccc(Cl)cc2Cl)C1. The normalized spacial score (nSPS) is 24.2. The zero-order valence-electron chi connectivity index (χ0n) is 9.47. The Morgan fingerprint density at radius 1 is 1.31 bits per heavy atom. The highest BCUT2D eigenvalue weighted by Gasteiger charge is 2.24. The molecule has 0 saturated heterocycles. The molecule has 88 valence electrons. The topological polar surface area (TPSA) is 12.0 Å². The third-order valence-electron chi connectivity index (χ3n) is 3.22. The van der Waals surface area contributed by atoms with Gasteiger partial charge in [-0.1, -0.05) is 36.2 Å². The fourth-order valence-corrected chi connectivity index (χ4v) is 2.71. The van der Waals surface area contributed by atoms with E-state index < -0.39 is 0 Å². The Kier molecular flexibility index (Phi) is 4.12. The van der Waals surface area contributed by atoms with Crippen LogP contribution in [0.4, 0.5) is 0 Å². The molecule has 2 rings (SSSR count). The van der Waals surface area contributed by atoms with E-state index in [1.807, 2.05) is 18.2 Å². The average Bonchev–Trinajstić information content (AvgIpc) is 2.18. The first-order chi connectivity index (χ1) is 7.65. The van der Waals surface area contributed by atoms with Gasteiger partial charge in [0.2, 0.25) is 0 Å². The zero-order valence-corrected chi connectivity index (χ0v) is 11.0. The third-order valence-corrected chi connectivity index (χ3v) is 3.80.